The fraction of sp³-hybridized carbons (Fsp3) is 0.200. The predicted octanol–water partition coefficient (Wildman–Crippen LogP) is 3.81. The van der Waals surface area contributed by atoms with E-state index in [0.29, 0.717) is 5.69 Å². The Morgan fingerprint density at radius 1 is 0.879 bits per heavy atom. The Morgan fingerprint density at radius 3 is 2.03 bits per heavy atom. The van der Waals surface area contributed by atoms with Crippen LogP contribution < -0.4 is 10.6 Å². The largest absolute Gasteiger partial charge is 0.348 e. The van der Waals surface area contributed by atoms with Crippen LogP contribution in [-0.4, -0.2) is 38.1 Å². The zero-order chi connectivity index (χ0) is 24.0. The third kappa shape index (κ3) is 6.27. The van der Waals surface area contributed by atoms with Crippen LogP contribution in [0.2, 0.25) is 0 Å². The number of amides is 2. The van der Waals surface area contributed by atoms with Crippen molar-refractivity contribution >= 4 is 27.5 Å². The highest BCUT2D eigenvalue weighted by Gasteiger charge is 2.23. The number of nitrogens with one attached hydrogen (secondary N) is 2. The molecule has 33 heavy (non-hydrogen) atoms. The number of anilines is 1. The van der Waals surface area contributed by atoms with Crippen molar-refractivity contribution in [2.75, 3.05) is 18.9 Å². The maximum Gasteiger partial charge on any atom is 0.243 e. The lowest BCUT2D eigenvalue weighted by Gasteiger charge is -2.20. The van der Waals surface area contributed by atoms with Crippen LogP contribution in [0.4, 0.5) is 5.69 Å². The molecule has 1 atom stereocenters. The van der Waals surface area contributed by atoms with E-state index in [-0.39, 0.29) is 23.4 Å². The highest BCUT2D eigenvalue weighted by Crippen LogP contribution is 2.22. The second kappa shape index (κ2) is 10.4. The van der Waals surface area contributed by atoms with E-state index in [9.17, 15) is 18.0 Å². The lowest BCUT2D eigenvalue weighted by atomic mass is 10.0. The molecule has 0 aliphatic carbocycles. The molecule has 0 fully saturated rings. The Morgan fingerprint density at radius 2 is 1.45 bits per heavy atom. The van der Waals surface area contributed by atoms with Gasteiger partial charge in [-0.2, -0.15) is 4.31 Å². The highest BCUT2D eigenvalue weighted by atomic mass is 32.2. The van der Waals surface area contributed by atoms with Crippen LogP contribution in [0.25, 0.3) is 11.1 Å². The van der Waals surface area contributed by atoms with E-state index in [0.717, 1.165) is 21.0 Å². The number of likely N-dealkylation sites (N-methyl/N-ethyl adjacent to an activating group) is 1. The number of carbonyl (C=O) groups is 2. The molecule has 0 aromatic heterocycles. The molecule has 0 unspecified atom stereocenters. The van der Waals surface area contributed by atoms with Gasteiger partial charge in [-0.05, 0) is 47.9 Å². The van der Waals surface area contributed by atoms with E-state index in [4.69, 9.17) is 0 Å². The minimum Gasteiger partial charge on any atom is -0.348 e. The number of hydrogen-bond donors (Lipinski definition) is 2. The van der Waals surface area contributed by atoms with Crippen molar-refractivity contribution in [2.45, 2.75) is 24.8 Å². The molecule has 7 nitrogen and oxygen atoms in total. The van der Waals surface area contributed by atoms with E-state index in [1.54, 1.807) is 0 Å². The molecule has 3 rings (SSSR count). The van der Waals surface area contributed by atoms with Crippen LogP contribution in [0.3, 0.4) is 0 Å². The van der Waals surface area contributed by atoms with Crippen molar-refractivity contribution in [1.82, 2.24) is 9.62 Å². The SMILES string of the molecule is CC(=O)Nc1ccc(S(=O)(=O)N(C)CC(=O)N[C@@H](C)c2ccc(-c3ccccc3)cc2)cc1. The van der Waals surface area contributed by atoms with Crippen LogP contribution in [0.5, 0.6) is 0 Å². The van der Waals surface area contributed by atoms with Gasteiger partial charge in [-0.1, -0.05) is 54.6 Å². The molecular formula is C25H27N3O4S. The molecule has 0 saturated heterocycles. The zero-order valence-corrected chi connectivity index (χ0v) is 19.6. The van der Waals surface area contributed by atoms with Gasteiger partial charge in [-0.25, -0.2) is 8.42 Å². The summed E-state index contributed by atoms with van der Waals surface area (Å²) in [5.41, 5.74) is 3.60. The zero-order valence-electron chi connectivity index (χ0n) is 18.8. The number of nitrogens with zero attached hydrogens (tertiary/aromatic N) is 1. The molecule has 2 N–H and O–H groups in total. The summed E-state index contributed by atoms with van der Waals surface area (Å²) in [5.74, 6) is -0.654. The first-order valence-electron chi connectivity index (χ1n) is 10.5. The Hall–Kier alpha value is -3.49. The second-order valence-corrected chi connectivity index (χ2v) is 9.79. The van der Waals surface area contributed by atoms with Gasteiger partial charge in [0.05, 0.1) is 17.5 Å². The quantitative estimate of drug-likeness (QED) is 0.529. The fourth-order valence-corrected chi connectivity index (χ4v) is 4.47. The van der Waals surface area contributed by atoms with Crippen molar-refractivity contribution in [1.29, 1.82) is 0 Å². The van der Waals surface area contributed by atoms with Crippen LogP contribution in [0, 0.1) is 0 Å². The van der Waals surface area contributed by atoms with Crippen molar-refractivity contribution in [3.63, 3.8) is 0 Å². The van der Waals surface area contributed by atoms with Crippen molar-refractivity contribution < 1.29 is 18.0 Å². The van der Waals surface area contributed by atoms with Crippen LogP contribution >= 0.6 is 0 Å². The average Bonchev–Trinajstić information content (AvgIpc) is 2.79. The molecule has 0 aliphatic rings. The standard InChI is InChI=1S/C25H27N3O4S/c1-18(20-9-11-22(12-10-20)21-7-5-4-6-8-21)26-25(30)17-28(3)33(31,32)24-15-13-23(14-16-24)27-19(2)29/h4-16,18H,17H2,1-3H3,(H,26,30)(H,27,29)/t18-/m0/s1. The number of benzene rings is 3. The number of carbonyl (C=O) groups excluding carboxylic acids is 2. The van der Waals surface area contributed by atoms with Gasteiger partial charge >= 0.3 is 0 Å². The molecular weight excluding hydrogens is 438 g/mol. The van der Waals surface area contributed by atoms with Crippen LogP contribution in [-0.2, 0) is 19.6 Å². The molecule has 2 amide bonds. The molecule has 3 aromatic rings. The van der Waals surface area contributed by atoms with Gasteiger partial charge in [0.1, 0.15) is 0 Å². The minimum absolute atomic E-state index is 0.0384. The van der Waals surface area contributed by atoms with Crippen LogP contribution in [0.1, 0.15) is 25.5 Å². The van der Waals surface area contributed by atoms with Crippen LogP contribution in [0.15, 0.2) is 83.8 Å². The minimum atomic E-state index is -3.86. The molecule has 3 aromatic carbocycles. The first-order valence-corrected chi connectivity index (χ1v) is 11.9. The highest BCUT2D eigenvalue weighted by molar-refractivity contribution is 7.89. The van der Waals surface area contributed by atoms with Crippen molar-refractivity contribution in [3.05, 3.63) is 84.4 Å². The summed E-state index contributed by atoms with van der Waals surface area (Å²) in [6.07, 6.45) is 0. The molecule has 0 heterocycles. The molecule has 172 valence electrons. The van der Waals surface area contributed by atoms with E-state index in [2.05, 4.69) is 10.6 Å². The Labute approximate surface area is 194 Å². The molecule has 0 spiro atoms. The Balaban J connectivity index is 1.60. The average molecular weight is 466 g/mol. The summed E-state index contributed by atoms with van der Waals surface area (Å²) in [5, 5.41) is 5.43. The summed E-state index contributed by atoms with van der Waals surface area (Å²) in [6, 6.07) is 23.4. The monoisotopic (exact) mass is 465 g/mol. The van der Waals surface area contributed by atoms with E-state index >= 15 is 0 Å². The number of sulfonamides is 1. The van der Waals surface area contributed by atoms with Gasteiger partial charge in [-0.3, -0.25) is 9.59 Å². The third-order valence-electron chi connectivity index (χ3n) is 5.14. The lowest BCUT2D eigenvalue weighted by molar-refractivity contribution is -0.121. The van der Waals surface area contributed by atoms with E-state index in [1.807, 2.05) is 61.5 Å². The summed E-state index contributed by atoms with van der Waals surface area (Å²) < 4.78 is 26.6. The molecule has 0 saturated carbocycles. The fourth-order valence-electron chi connectivity index (χ4n) is 3.35. The Kier molecular flexibility index (Phi) is 7.63. The van der Waals surface area contributed by atoms with Crippen molar-refractivity contribution in [3.8, 4) is 11.1 Å². The van der Waals surface area contributed by atoms with Gasteiger partial charge in [0.15, 0.2) is 0 Å². The third-order valence-corrected chi connectivity index (χ3v) is 6.96. The first kappa shape index (κ1) is 24.2. The smallest absolute Gasteiger partial charge is 0.243 e. The summed E-state index contributed by atoms with van der Waals surface area (Å²) >= 11 is 0. The first-order chi connectivity index (χ1) is 15.7. The summed E-state index contributed by atoms with van der Waals surface area (Å²) in [4.78, 5) is 23.7. The molecule has 8 heteroatoms. The number of rotatable bonds is 8. The topological polar surface area (TPSA) is 95.6 Å². The second-order valence-electron chi connectivity index (χ2n) is 7.74. The molecule has 0 aliphatic heterocycles. The maximum absolute atomic E-state index is 12.8. The van der Waals surface area contributed by atoms with Crippen molar-refractivity contribution in [2.24, 2.45) is 0 Å². The predicted molar refractivity (Wildman–Crippen MR) is 129 cm³/mol. The van der Waals surface area contributed by atoms with Gasteiger partial charge in [0.2, 0.25) is 21.8 Å². The van der Waals surface area contributed by atoms with Gasteiger partial charge in [0.25, 0.3) is 0 Å². The molecule has 0 radical (unpaired) electrons. The molecule has 0 bridgehead atoms. The number of hydrogen-bond acceptors (Lipinski definition) is 4. The van der Waals surface area contributed by atoms with Gasteiger partial charge < -0.3 is 10.6 Å². The normalized spacial score (nSPS) is 12.2. The van der Waals surface area contributed by atoms with Gasteiger partial charge in [0, 0.05) is 19.7 Å². The summed E-state index contributed by atoms with van der Waals surface area (Å²) in [7, 11) is -2.50. The Bertz CT molecular complexity index is 1210. The van der Waals surface area contributed by atoms with Gasteiger partial charge in [-0.15, -0.1) is 0 Å². The van der Waals surface area contributed by atoms with E-state index in [1.165, 1.54) is 38.2 Å². The van der Waals surface area contributed by atoms with E-state index < -0.39 is 15.9 Å². The summed E-state index contributed by atoms with van der Waals surface area (Å²) in [6.45, 7) is 2.91. The maximum atomic E-state index is 12.8. The lowest BCUT2D eigenvalue weighted by Crippen LogP contribution is -2.39.